The van der Waals surface area contributed by atoms with Crippen LogP contribution in [0.2, 0.25) is 0 Å². The van der Waals surface area contributed by atoms with Gasteiger partial charge in [0, 0.05) is 36.1 Å². The summed E-state index contributed by atoms with van der Waals surface area (Å²) in [7, 11) is 0. The average molecular weight is 388 g/mol. The van der Waals surface area contributed by atoms with Crippen LogP contribution in [0.1, 0.15) is 12.8 Å². The van der Waals surface area contributed by atoms with Crippen molar-refractivity contribution in [1.29, 1.82) is 0 Å². The molecule has 0 bridgehead atoms. The summed E-state index contributed by atoms with van der Waals surface area (Å²) < 4.78 is 15.5. The molecule has 0 unspecified atom stereocenters. The molecule has 29 heavy (non-hydrogen) atoms. The molecule has 2 aromatic carbocycles. The first kappa shape index (κ1) is 17.4. The number of nitrogens with zero attached hydrogens (tertiary/aromatic N) is 3. The van der Waals surface area contributed by atoms with Crippen molar-refractivity contribution in [2.24, 2.45) is 0 Å². The molecule has 0 radical (unpaired) electrons. The highest BCUT2D eigenvalue weighted by molar-refractivity contribution is 5.97. The largest absolute Gasteiger partial charge is 0.312 e. The lowest BCUT2D eigenvalue weighted by Gasteiger charge is -2.15. The summed E-state index contributed by atoms with van der Waals surface area (Å²) in [5.74, 6) is -0.239. The summed E-state index contributed by atoms with van der Waals surface area (Å²) in [5.41, 5.74) is 3.12. The zero-order valence-corrected chi connectivity index (χ0v) is 15.4. The van der Waals surface area contributed by atoms with E-state index in [1.54, 1.807) is 27.8 Å². The summed E-state index contributed by atoms with van der Waals surface area (Å²) in [5, 5.41) is 0.432. The molecule has 1 aliphatic rings. The van der Waals surface area contributed by atoms with Crippen molar-refractivity contribution >= 4 is 22.6 Å². The molecular formula is C22H17FN4O2. The van der Waals surface area contributed by atoms with Gasteiger partial charge in [-0.05, 0) is 42.3 Å². The molecule has 0 aliphatic carbocycles. The maximum Gasteiger partial charge on any atom is 0.260 e. The predicted octanol–water partition coefficient (Wildman–Crippen LogP) is 3.65. The molecule has 1 saturated heterocycles. The van der Waals surface area contributed by atoms with Crippen molar-refractivity contribution in [3.8, 4) is 16.8 Å². The quantitative estimate of drug-likeness (QED) is 0.582. The normalized spacial score (nSPS) is 14.1. The summed E-state index contributed by atoms with van der Waals surface area (Å²) in [6, 6.07) is 13.7. The number of anilines is 1. The van der Waals surface area contributed by atoms with Crippen molar-refractivity contribution in [3.63, 3.8) is 0 Å². The Morgan fingerprint density at radius 2 is 1.86 bits per heavy atom. The number of hydrogen-bond donors (Lipinski definition) is 1. The van der Waals surface area contributed by atoms with Gasteiger partial charge < -0.3 is 14.5 Å². The van der Waals surface area contributed by atoms with Crippen LogP contribution in [0.3, 0.4) is 0 Å². The maximum absolute atomic E-state index is 13.8. The monoisotopic (exact) mass is 388 g/mol. The van der Waals surface area contributed by atoms with Crippen molar-refractivity contribution in [3.05, 3.63) is 77.2 Å². The molecule has 7 heteroatoms. The molecule has 0 atom stereocenters. The van der Waals surface area contributed by atoms with Crippen LogP contribution in [0.25, 0.3) is 27.8 Å². The standard InChI is InChI=1S/C22H17FN4O2/c23-15-3-1-4-17(11-15)27-12-18(20-21(27)24-13-25-22(20)29)14-6-8-16(9-7-14)26-10-2-5-19(26)28/h1,3-4,6-9,11-13H,2,5,10H2,(H,24,25,29). The van der Waals surface area contributed by atoms with Gasteiger partial charge in [0.1, 0.15) is 5.82 Å². The molecule has 2 aromatic heterocycles. The minimum atomic E-state index is -0.365. The molecule has 3 heterocycles. The first-order valence-electron chi connectivity index (χ1n) is 9.37. The minimum Gasteiger partial charge on any atom is -0.312 e. The van der Waals surface area contributed by atoms with E-state index in [-0.39, 0.29) is 17.3 Å². The Kier molecular flexibility index (Phi) is 4.01. The SMILES string of the molecule is O=C1CCCN1c1ccc(-c2cn(-c3cccc(F)c3)c3nc[nH]c(=O)c23)cc1. The number of amides is 1. The van der Waals surface area contributed by atoms with E-state index in [1.807, 2.05) is 24.3 Å². The van der Waals surface area contributed by atoms with E-state index < -0.39 is 0 Å². The third-order valence-corrected chi connectivity index (χ3v) is 5.24. The first-order chi connectivity index (χ1) is 14.1. The number of aromatic amines is 1. The van der Waals surface area contributed by atoms with E-state index in [4.69, 9.17) is 0 Å². The summed E-state index contributed by atoms with van der Waals surface area (Å²) in [4.78, 5) is 33.2. The van der Waals surface area contributed by atoms with E-state index in [0.29, 0.717) is 28.7 Å². The van der Waals surface area contributed by atoms with Gasteiger partial charge in [-0.2, -0.15) is 0 Å². The second-order valence-electron chi connectivity index (χ2n) is 7.02. The Morgan fingerprint density at radius 3 is 2.59 bits per heavy atom. The maximum atomic E-state index is 13.8. The Labute approximate surface area is 165 Å². The number of fused-ring (bicyclic) bond motifs is 1. The van der Waals surface area contributed by atoms with Crippen molar-refractivity contribution in [2.75, 3.05) is 11.4 Å². The minimum absolute atomic E-state index is 0.126. The number of nitrogens with one attached hydrogen (secondary N) is 1. The predicted molar refractivity (Wildman–Crippen MR) is 109 cm³/mol. The zero-order chi connectivity index (χ0) is 20.0. The van der Waals surface area contributed by atoms with Crippen LogP contribution in [0, 0.1) is 5.82 Å². The molecule has 1 N–H and O–H groups in total. The van der Waals surface area contributed by atoms with Crippen LogP contribution in [0.5, 0.6) is 0 Å². The number of H-pyrrole nitrogens is 1. The number of carbonyl (C=O) groups excluding carboxylic acids is 1. The fraction of sp³-hybridized carbons (Fsp3) is 0.136. The molecule has 4 aromatic rings. The van der Waals surface area contributed by atoms with Crippen molar-refractivity contribution in [1.82, 2.24) is 14.5 Å². The Balaban J connectivity index is 1.65. The van der Waals surface area contributed by atoms with Gasteiger partial charge in [0.15, 0.2) is 5.65 Å². The average Bonchev–Trinajstić information content (AvgIpc) is 3.33. The smallest absolute Gasteiger partial charge is 0.260 e. The van der Waals surface area contributed by atoms with Gasteiger partial charge in [-0.1, -0.05) is 18.2 Å². The molecule has 0 spiro atoms. The van der Waals surface area contributed by atoms with Gasteiger partial charge in [0.05, 0.1) is 11.7 Å². The highest BCUT2D eigenvalue weighted by atomic mass is 19.1. The zero-order valence-electron chi connectivity index (χ0n) is 15.4. The molecule has 144 valence electrons. The van der Waals surface area contributed by atoms with Gasteiger partial charge in [-0.15, -0.1) is 0 Å². The van der Waals surface area contributed by atoms with E-state index in [9.17, 15) is 14.0 Å². The fourth-order valence-corrected chi connectivity index (χ4v) is 3.85. The first-order valence-corrected chi connectivity index (χ1v) is 9.37. The Morgan fingerprint density at radius 1 is 1.03 bits per heavy atom. The summed E-state index contributed by atoms with van der Waals surface area (Å²) in [6.07, 6.45) is 4.57. The highest BCUT2D eigenvalue weighted by Gasteiger charge is 2.22. The van der Waals surface area contributed by atoms with Crippen LogP contribution >= 0.6 is 0 Å². The van der Waals surface area contributed by atoms with Crippen LogP contribution in [-0.4, -0.2) is 27.0 Å². The molecule has 0 saturated carbocycles. The van der Waals surface area contributed by atoms with E-state index in [2.05, 4.69) is 9.97 Å². The molecule has 1 aliphatic heterocycles. The summed E-state index contributed by atoms with van der Waals surface area (Å²) >= 11 is 0. The van der Waals surface area contributed by atoms with E-state index in [1.165, 1.54) is 18.5 Å². The lowest BCUT2D eigenvalue weighted by Crippen LogP contribution is -2.23. The third-order valence-electron chi connectivity index (χ3n) is 5.24. The lowest BCUT2D eigenvalue weighted by atomic mass is 10.1. The van der Waals surface area contributed by atoms with Crippen LogP contribution in [-0.2, 0) is 4.79 Å². The molecule has 5 rings (SSSR count). The van der Waals surface area contributed by atoms with Crippen molar-refractivity contribution < 1.29 is 9.18 Å². The Bertz CT molecular complexity index is 1290. The number of benzene rings is 2. The fourth-order valence-electron chi connectivity index (χ4n) is 3.85. The van der Waals surface area contributed by atoms with Crippen LogP contribution < -0.4 is 10.5 Å². The second kappa shape index (κ2) is 6.70. The van der Waals surface area contributed by atoms with Crippen LogP contribution in [0.15, 0.2) is 65.8 Å². The highest BCUT2D eigenvalue weighted by Crippen LogP contribution is 2.31. The van der Waals surface area contributed by atoms with E-state index in [0.717, 1.165) is 24.2 Å². The topological polar surface area (TPSA) is 71.0 Å². The van der Waals surface area contributed by atoms with Gasteiger partial charge in [-0.25, -0.2) is 9.37 Å². The number of halogens is 1. The van der Waals surface area contributed by atoms with Crippen molar-refractivity contribution in [2.45, 2.75) is 12.8 Å². The van der Waals surface area contributed by atoms with Gasteiger partial charge in [-0.3, -0.25) is 9.59 Å². The molecule has 1 amide bonds. The molecular weight excluding hydrogens is 371 g/mol. The Hall–Kier alpha value is -3.74. The van der Waals surface area contributed by atoms with Gasteiger partial charge >= 0.3 is 0 Å². The summed E-state index contributed by atoms with van der Waals surface area (Å²) in [6.45, 7) is 0.723. The van der Waals surface area contributed by atoms with Gasteiger partial charge in [0.2, 0.25) is 5.91 Å². The number of carbonyl (C=O) groups is 1. The van der Waals surface area contributed by atoms with Gasteiger partial charge in [0.25, 0.3) is 5.56 Å². The molecule has 6 nitrogen and oxygen atoms in total. The third kappa shape index (κ3) is 2.91. The number of rotatable bonds is 3. The van der Waals surface area contributed by atoms with Crippen LogP contribution in [0.4, 0.5) is 10.1 Å². The molecule has 1 fully saturated rings. The number of aromatic nitrogens is 3. The second-order valence-corrected chi connectivity index (χ2v) is 7.02. The van der Waals surface area contributed by atoms with E-state index >= 15 is 0 Å². The lowest BCUT2D eigenvalue weighted by molar-refractivity contribution is -0.117. The number of hydrogen-bond acceptors (Lipinski definition) is 3.